The molecule has 0 spiro atoms. The molecular weight excluding hydrogens is 301 g/mol. The molecule has 0 N–H and O–H groups in total. The number of hydrogen-bond acceptors (Lipinski definition) is 4. The number of ether oxygens (including phenoxy) is 1. The van der Waals surface area contributed by atoms with Gasteiger partial charge in [0.2, 0.25) is 10.0 Å². The van der Waals surface area contributed by atoms with Gasteiger partial charge in [-0.15, -0.1) is 0 Å². The third-order valence-electron chi connectivity index (χ3n) is 2.08. The predicted molar refractivity (Wildman–Crippen MR) is 70.7 cm³/mol. The molecule has 0 atom stereocenters. The van der Waals surface area contributed by atoms with Crippen LogP contribution in [0.25, 0.3) is 0 Å². The molecule has 0 saturated carbocycles. The van der Waals surface area contributed by atoms with Crippen LogP contribution >= 0.6 is 23.2 Å². The van der Waals surface area contributed by atoms with Crippen molar-refractivity contribution < 1.29 is 17.9 Å². The van der Waals surface area contributed by atoms with Crippen LogP contribution < -0.4 is 4.31 Å². The second kappa shape index (κ2) is 5.77. The molecule has 1 aromatic carbocycles. The molecule has 18 heavy (non-hydrogen) atoms. The van der Waals surface area contributed by atoms with E-state index in [1.54, 1.807) is 0 Å². The van der Waals surface area contributed by atoms with E-state index in [-0.39, 0.29) is 10.7 Å². The standard InChI is InChI=1S/C10H11Cl2NO4S/c1-17-10(14)6-13(18(2,15)16)9-4-3-7(11)5-8(9)12/h3-5H,6H2,1-2H3. The molecule has 0 bridgehead atoms. The van der Waals surface area contributed by atoms with Crippen molar-refractivity contribution in [2.45, 2.75) is 0 Å². The molecule has 0 amide bonds. The van der Waals surface area contributed by atoms with Crippen molar-refractivity contribution in [3.8, 4) is 0 Å². The van der Waals surface area contributed by atoms with Crippen molar-refractivity contribution in [2.24, 2.45) is 0 Å². The molecule has 0 aliphatic rings. The van der Waals surface area contributed by atoms with Crippen LogP contribution in [0, 0.1) is 0 Å². The van der Waals surface area contributed by atoms with Gasteiger partial charge in [0.15, 0.2) is 0 Å². The highest BCUT2D eigenvalue weighted by atomic mass is 35.5. The first-order valence-corrected chi connectivity index (χ1v) is 7.35. The van der Waals surface area contributed by atoms with Gasteiger partial charge in [-0.05, 0) is 18.2 Å². The largest absolute Gasteiger partial charge is 0.468 e. The number of nitrogens with zero attached hydrogens (tertiary/aromatic N) is 1. The summed E-state index contributed by atoms with van der Waals surface area (Å²) >= 11 is 11.6. The number of halogens is 2. The summed E-state index contributed by atoms with van der Waals surface area (Å²) in [6.07, 6.45) is 0.973. The third-order valence-corrected chi connectivity index (χ3v) is 3.74. The minimum absolute atomic E-state index is 0.136. The molecule has 100 valence electrons. The van der Waals surface area contributed by atoms with Gasteiger partial charge < -0.3 is 4.74 Å². The average Bonchev–Trinajstić information content (AvgIpc) is 2.25. The highest BCUT2D eigenvalue weighted by molar-refractivity contribution is 7.92. The Kier molecular flexibility index (Phi) is 4.84. The zero-order chi connectivity index (χ0) is 13.9. The van der Waals surface area contributed by atoms with Crippen LogP contribution in [0.15, 0.2) is 18.2 Å². The lowest BCUT2D eigenvalue weighted by molar-refractivity contribution is -0.138. The van der Waals surface area contributed by atoms with Crippen LogP contribution in [0.1, 0.15) is 0 Å². The Labute approximate surface area is 115 Å². The number of rotatable bonds is 4. The number of benzene rings is 1. The molecule has 0 fully saturated rings. The molecular formula is C10H11Cl2NO4S. The van der Waals surface area contributed by atoms with E-state index in [2.05, 4.69) is 4.74 Å². The Morgan fingerprint density at radius 2 is 2.00 bits per heavy atom. The first-order chi connectivity index (χ1) is 8.25. The Bertz CT molecular complexity index is 559. The van der Waals surface area contributed by atoms with E-state index in [0.29, 0.717) is 5.02 Å². The minimum Gasteiger partial charge on any atom is -0.468 e. The number of hydrogen-bond donors (Lipinski definition) is 0. The zero-order valence-electron chi connectivity index (χ0n) is 9.68. The van der Waals surface area contributed by atoms with Gasteiger partial charge in [-0.25, -0.2) is 8.42 Å². The van der Waals surface area contributed by atoms with Gasteiger partial charge >= 0.3 is 5.97 Å². The lowest BCUT2D eigenvalue weighted by atomic mass is 10.3. The van der Waals surface area contributed by atoms with E-state index in [4.69, 9.17) is 23.2 Å². The zero-order valence-corrected chi connectivity index (χ0v) is 12.0. The first kappa shape index (κ1) is 15.1. The molecule has 0 heterocycles. The summed E-state index contributed by atoms with van der Waals surface area (Å²) in [5, 5.41) is 0.507. The van der Waals surface area contributed by atoms with Crippen LogP contribution in [0.5, 0.6) is 0 Å². The van der Waals surface area contributed by atoms with Gasteiger partial charge in [-0.1, -0.05) is 23.2 Å². The Morgan fingerprint density at radius 3 is 2.44 bits per heavy atom. The van der Waals surface area contributed by atoms with Crippen LogP contribution in [0.4, 0.5) is 5.69 Å². The molecule has 1 aromatic rings. The molecule has 0 aliphatic carbocycles. The topological polar surface area (TPSA) is 63.7 Å². The first-order valence-electron chi connectivity index (χ1n) is 4.75. The molecule has 0 aliphatic heterocycles. The fourth-order valence-corrected chi connectivity index (χ4v) is 2.66. The van der Waals surface area contributed by atoms with Crippen molar-refractivity contribution >= 4 is 44.9 Å². The summed E-state index contributed by atoms with van der Waals surface area (Å²) in [5.41, 5.74) is 0.175. The van der Waals surface area contributed by atoms with E-state index in [0.717, 1.165) is 10.6 Å². The van der Waals surface area contributed by atoms with Crippen LogP contribution in [0.2, 0.25) is 10.0 Å². The summed E-state index contributed by atoms with van der Waals surface area (Å²) in [4.78, 5) is 11.2. The van der Waals surface area contributed by atoms with E-state index < -0.39 is 22.5 Å². The molecule has 0 saturated heterocycles. The predicted octanol–water partition coefficient (Wildman–Crippen LogP) is 1.93. The molecule has 0 aromatic heterocycles. The van der Waals surface area contributed by atoms with E-state index in [1.165, 1.54) is 25.3 Å². The van der Waals surface area contributed by atoms with Crippen LogP contribution in [0.3, 0.4) is 0 Å². The fraction of sp³-hybridized carbons (Fsp3) is 0.300. The Morgan fingerprint density at radius 1 is 1.39 bits per heavy atom. The van der Waals surface area contributed by atoms with Gasteiger partial charge in [-0.2, -0.15) is 0 Å². The molecule has 5 nitrogen and oxygen atoms in total. The molecule has 1 rings (SSSR count). The number of esters is 1. The second-order valence-corrected chi connectivity index (χ2v) is 6.19. The molecule has 0 unspecified atom stereocenters. The van der Waals surface area contributed by atoms with E-state index in [9.17, 15) is 13.2 Å². The van der Waals surface area contributed by atoms with E-state index >= 15 is 0 Å². The fourth-order valence-electron chi connectivity index (χ4n) is 1.25. The number of sulfonamides is 1. The molecule has 0 radical (unpaired) electrons. The smallest absolute Gasteiger partial charge is 0.326 e. The summed E-state index contributed by atoms with van der Waals surface area (Å²) in [6, 6.07) is 4.31. The highest BCUT2D eigenvalue weighted by Gasteiger charge is 2.23. The minimum atomic E-state index is -3.65. The lowest BCUT2D eigenvalue weighted by Gasteiger charge is -2.22. The molecule has 8 heteroatoms. The van der Waals surface area contributed by atoms with Crippen LogP contribution in [-0.2, 0) is 19.6 Å². The van der Waals surface area contributed by atoms with Gasteiger partial charge in [0, 0.05) is 5.02 Å². The van der Waals surface area contributed by atoms with Crippen molar-refractivity contribution in [2.75, 3.05) is 24.2 Å². The van der Waals surface area contributed by atoms with E-state index in [1.807, 2.05) is 0 Å². The number of carbonyl (C=O) groups excluding carboxylic acids is 1. The van der Waals surface area contributed by atoms with Crippen molar-refractivity contribution in [3.05, 3.63) is 28.2 Å². The monoisotopic (exact) mass is 311 g/mol. The summed E-state index contributed by atoms with van der Waals surface area (Å²) < 4.78 is 28.6. The van der Waals surface area contributed by atoms with Gasteiger partial charge in [-0.3, -0.25) is 9.10 Å². The van der Waals surface area contributed by atoms with Crippen LogP contribution in [-0.4, -0.2) is 34.3 Å². The summed E-state index contributed by atoms with van der Waals surface area (Å²) in [5.74, 6) is -0.688. The van der Waals surface area contributed by atoms with Crippen molar-refractivity contribution in [1.82, 2.24) is 0 Å². The second-order valence-electron chi connectivity index (χ2n) is 3.44. The number of methoxy groups -OCH3 is 1. The maximum Gasteiger partial charge on any atom is 0.326 e. The quantitative estimate of drug-likeness (QED) is 0.797. The van der Waals surface area contributed by atoms with Gasteiger partial charge in [0.25, 0.3) is 0 Å². The van der Waals surface area contributed by atoms with Crippen molar-refractivity contribution in [3.63, 3.8) is 0 Å². The summed E-state index contributed by atoms with van der Waals surface area (Å²) in [6.45, 7) is -0.448. The number of carbonyl (C=O) groups is 1. The Balaban J connectivity index is 3.22. The Hall–Kier alpha value is -0.980. The average molecular weight is 312 g/mol. The normalized spacial score (nSPS) is 11.1. The van der Waals surface area contributed by atoms with Crippen molar-refractivity contribution in [1.29, 1.82) is 0 Å². The van der Waals surface area contributed by atoms with Gasteiger partial charge in [0.1, 0.15) is 6.54 Å². The SMILES string of the molecule is COC(=O)CN(c1ccc(Cl)cc1Cl)S(C)(=O)=O. The third kappa shape index (κ3) is 3.76. The highest BCUT2D eigenvalue weighted by Crippen LogP contribution is 2.30. The summed E-state index contributed by atoms with van der Waals surface area (Å²) in [7, 11) is -2.48. The maximum atomic E-state index is 11.6. The van der Waals surface area contributed by atoms with Gasteiger partial charge in [0.05, 0.1) is 24.1 Å². The number of anilines is 1. The maximum absolute atomic E-state index is 11.6. The lowest BCUT2D eigenvalue weighted by Crippen LogP contribution is -2.35.